The van der Waals surface area contributed by atoms with Gasteiger partial charge in [-0.15, -0.1) is 23.2 Å². The first kappa shape index (κ1) is 19.9. The second kappa shape index (κ2) is 7.09. The number of ketones is 1. The SMILES string of the molecule is Cc1ccc(S(=O)(=O)O/N=C2\C=C(C(C)C)C(=O)C(Cl)C2(C)Cl)cc1. The summed E-state index contributed by atoms with van der Waals surface area (Å²) in [5.41, 5.74) is 1.43. The molecule has 5 nitrogen and oxygen atoms in total. The molecule has 2 unspecified atom stereocenters. The van der Waals surface area contributed by atoms with E-state index < -0.39 is 20.4 Å². The molecule has 0 saturated heterocycles. The Morgan fingerprint density at radius 1 is 1.24 bits per heavy atom. The highest BCUT2D eigenvalue weighted by atomic mass is 35.5. The maximum Gasteiger partial charge on any atom is 0.358 e. The molecule has 0 spiro atoms. The van der Waals surface area contributed by atoms with Gasteiger partial charge >= 0.3 is 10.1 Å². The zero-order chi connectivity index (χ0) is 19.0. The largest absolute Gasteiger partial charge is 0.358 e. The third-order valence-electron chi connectivity index (χ3n) is 3.95. The number of halogens is 2. The number of aryl methyl sites for hydroxylation is 1. The van der Waals surface area contributed by atoms with Crippen molar-refractivity contribution in [1.29, 1.82) is 0 Å². The van der Waals surface area contributed by atoms with Gasteiger partial charge in [0, 0.05) is 5.57 Å². The fourth-order valence-corrected chi connectivity index (χ4v) is 3.45. The van der Waals surface area contributed by atoms with Gasteiger partial charge in [0.15, 0.2) is 5.78 Å². The molecule has 0 amide bonds. The molecule has 1 aromatic carbocycles. The molecule has 25 heavy (non-hydrogen) atoms. The molecular weight excluding hydrogens is 385 g/mol. The Morgan fingerprint density at radius 3 is 2.32 bits per heavy atom. The number of Topliss-reactive ketones (excluding diaryl/α,β-unsaturated/α-hetero) is 1. The molecule has 1 aliphatic carbocycles. The van der Waals surface area contributed by atoms with Crippen molar-refractivity contribution in [3.63, 3.8) is 0 Å². The number of carbonyl (C=O) groups is 1. The van der Waals surface area contributed by atoms with Crippen LogP contribution in [0.2, 0.25) is 0 Å². The first-order valence-electron chi connectivity index (χ1n) is 7.64. The Labute approximate surface area is 157 Å². The lowest BCUT2D eigenvalue weighted by Gasteiger charge is -2.32. The van der Waals surface area contributed by atoms with E-state index in [1.54, 1.807) is 12.1 Å². The smallest absolute Gasteiger partial charge is 0.293 e. The minimum atomic E-state index is -4.10. The van der Waals surface area contributed by atoms with Crippen molar-refractivity contribution in [3.8, 4) is 0 Å². The average molecular weight is 404 g/mol. The van der Waals surface area contributed by atoms with Crippen LogP contribution in [0.5, 0.6) is 0 Å². The van der Waals surface area contributed by atoms with E-state index in [4.69, 9.17) is 27.5 Å². The van der Waals surface area contributed by atoms with Gasteiger partial charge in [-0.1, -0.05) is 36.7 Å². The van der Waals surface area contributed by atoms with Crippen LogP contribution in [0.4, 0.5) is 0 Å². The van der Waals surface area contributed by atoms with Gasteiger partial charge in [0.25, 0.3) is 0 Å². The lowest BCUT2D eigenvalue weighted by atomic mass is 9.82. The van der Waals surface area contributed by atoms with Crippen molar-refractivity contribution >= 4 is 44.8 Å². The lowest BCUT2D eigenvalue weighted by Crippen LogP contribution is -2.47. The summed E-state index contributed by atoms with van der Waals surface area (Å²) in [6.07, 6.45) is 1.45. The van der Waals surface area contributed by atoms with Gasteiger partial charge < -0.3 is 0 Å². The van der Waals surface area contributed by atoms with E-state index in [0.29, 0.717) is 5.57 Å². The van der Waals surface area contributed by atoms with Gasteiger partial charge in [-0.05, 0) is 38.0 Å². The fourth-order valence-electron chi connectivity index (χ4n) is 2.29. The molecule has 2 atom stereocenters. The van der Waals surface area contributed by atoms with Gasteiger partial charge in [-0.2, -0.15) is 8.42 Å². The number of carbonyl (C=O) groups excluding carboxylic acids is 1. The molecule has 0 heterocycles. The molecule has 1 aliphatic rings. The molecule has 0 radical (unpaired) electrons. The van der Waals surface area contributed by atoms with Gasteiger partial charge in [-0.25, -0.2) is 0 Å². The summed E-state index contributed by atoms with van der Waals surface area (Å²) < 4.78 is 29.3. The third kappa shape index (κ3) is 4.07. The van der Waals surface area contributed by atoms with Crippen LogP contribution in [-0.2, 0) is 19.2 Å². The number of alkyl halides is 2. The second-order valence-electron chi connectivity index (χ2n) is 6.38. The number of hydrogen-bond acceptors (Lipinski definition) is 5. The van der Waals surface area contributed by atoms with Gasteiger partial charge in [0.05, 0.1) is 0 Å². The van der Waals surface area contributed by atoms with Crippen LogP contribution in [-0.4, -0.2) is 30.2 Å². The van der Waals surface area contributed by atoms with Crippen molar-refractivity contribution in [2.24, 2.45) is 11.1 Å². The van der Waals surface area contributed by atoms with Crippen molar-refractivity contribution in [1.82, 2.24) is 0 Å². The Bertz CT molecular complexity index is 840. The number of hydrogen-bond donors (Lipinski definition) is 0. The van der Waals surface area contributed by atoms with E-state index in [2.05, 4.69) is 5.16 Å². The summed E-state index contributed by atoms with van der Waals surface area (Å²) in [7, 11) is -4.10. The quantitative estimate of drug-likeness (QED) is 0.565. The topological polar surface area (TPSA) is 72.8 Å². The van der Waals surface area contributed by atoms with Crippen LogP contribution in [0.15, 0.2) is 46.0 Å². The summed E-state index contributed by atoms with van der Waals surface area (Å²) >= 11 is 12.5. The Morgan fingerprint density at radius 2 is 1.80 bits per heavy atom. The number of oxime groups is 1. The predicted octanol–water partition coefficient (Wildman–Crippen LogP) is 3.83. The molecule has 0 bridgehead atoms. The van der Waals surface area contributed by atoms with Gasteiger partial charge in [0.2, 0.25) is 0 Å². The van der Waals surface area contributed by atoms with Crippen LogP contribution in [0.25, 0.3) is 0 Å². The van der Waals surface area contributed by atoms with Crippen molar-refractivity contribution in [2.75, 3.05) is 0 Å². The molecule has 136 valence electrons. The van der Waals surface area contributed by atoms with E-state index in [1.165, 1.54) is 25.1 Å². The van der Waals surface area contributed by atoms with Crippen LogP contribution in [0, 0.1) is 12.8 Å². The maximum absolute atomic E-state index is 12.3. The Kier molecular flexibility index (Phi) is 5.66. The zero-order valence-corrected chi connectivity index (χ0v) is 16.6. The highest BCUT2D eigenvalue weighted by molar-refractivity contribution is 7.86. The number of benzene rings is 1. The zero-order valence-electron chi connectivity index (χ0n) is 14.3. The highest BCUT2D eigenvalue weighted by Gasteiger charge is 2.46. The monoisotopic (exact) mass is 403 g/mol. The molecule has 2 rings (SSSR count). The maximum atomic E-state index is 12.3. The average Bonchev–Trinajstić information content (AvgIpc) is 2.52. The molecule has 0 aromatic heterocycles. The standard InChI is InChI=1S/C17H19Cl2NO4S/c1-10(2)13-9-14(17(4,19)16(18)15(13)21)20-24-25(22,23)12-7-5-11(3)6-8-12/h5-10,16H,1-4H3/b20-14+. The number of allylic oxidation sites excluding steroid dienone is 2. The summed E-state index contributed by atoms with van der Waals surface area (Å²) in [5.74, 6) is -0.407. The van der Waals surface area contributed by atoms with E-state index >= 15 is 0 Å². The molecule has 8 heteroatoms. The Balaban J connectivity index is 2.41. The van der Waals surface area contributed by atoms with Crippen LogP contribution >= 0.6 is 23.2 Å². The van der Waals surface area contributed by atoms with E-state index in [-0.39, 0.29) is 22.3 Å². The first-order chi connectivity index (χ1) is 11.5. The minimum Gasteiger partial charge on any atom is -0.293 e. The summed E-state index contributed by atoms with van der Waals surface area (Å²) in [6.45, 7) is 6.99. The normalized spacial score (nSPS) is 26.0. The van der Waals surface area contributed by atoms with E-state index in [0.717, 1.165) is 5.56 Å². The molecule has 1 aromatic rings. The minimum absolute atomic E-state index is 0.0268. The van der Waals surface area contributed by atoms with E-state index in [9.17, 15) is 13.2 Å². The molecule has 0 N–H and O–H groups in total. The number of rotatable bonds is 4. The summed E-state index contributed by atoms with van der Waals surface area (Å²) in [4.78, 5) is 10.9. The van der Waals surface area contributed by atoms with Gasteiger partial charge in [-0.3, -0.25) is 9.08 Å². The van der Waals surface area contributed by atoms with Gasteiger partial charge in [0.1, 0.15) is 20.9 Å². The highest BCUT2D eigenvalue weighted by Crippen LogP contribution is 2.35. The summed E-state index contributed by atoms with van der Waals surface area (Å²) in [5, 5.41) is 2.64. The first-order valence-corrected chi connectivity index (χ1v) is 9.86. The van der Waals surface area contributed by atoms with Crippen LogP contribution in [0.1, 0.15) is 26.3 Å². The van der Waals surface area contributed by atoms with Crippen LogP contribution < -0.4 is 0 Å². The van der Waals surface area contributed by atoms with Crippen molar-refractivity contribution in [3.05, 3.63) is 41.5 Å². The molecule has 0 saturated carbocycles. The fraction of sp³-hybridized carbons (Fsp3) is 0.412. The molecule has 0 aliphatic heterocycles. The predicted molar refractivity (Wildman–Crippen MR) is 98.7 cm³/mol. The molecular formula is C17H19Cl2NO4S. The van der Waals surface area contributed by atoms with Crippen molar-refractivity contribution < 1.29 is 17.5 Å². The Hall–Kier alpha value is -1.37. The summed E-state index contributed by atoms with van der Waals surface area (Å²) in [6, 6.07) is 6.16. The van der Waals surface area contributed by atoms with Crippen LogP contribution in [0.3, 0.4) is 0 Å². The van der Waals surface area contributed by atoms with Crippen molar-refractivity contribution in [2.45, 2.75) is 42.8 Å². The number of nitrogens with zero attached hydrogens (tertiary/aromatic N) is 1. The lowest BCUT2D eigenvalue weighted by molar-refractivity contribution is -0.116. The molecule has 0 fully saturated rings. The van der Waals surface area contributed by atoms with E-state index in [1.807, 2.05) is 20.8 Å². The second-order valence-corrected chi connectivity index (χ2v) is 9.13. The third-order valence-corrected chi connectivity index (χ3v) is 6.23.